The maximum absolute atomic E-state index is 14.0. The molecule has 3 atom stereocenters. The molecule has 1 saturated heterocycles. The van der Waals surface area contributed by atoms with Crippen LogP contribution in [0.5, 0.6) is 0 Å². The Balaban J connectivity index is 1.81. The van der Waals surface area contributed by atoms with Crippen LogP contribution in [0.25, 0.3) is 0 Å². The molecule has 2 spiro atoms. The summed E-state index contributed by atoms with van der Waals surface area (Å²) in [7, 11) is 0. The molecule has 3 N–H and O–H groups in total. The predicted molar refractivity (Wildman–Crippen MR) is 123 cm³/mol. The topological polar surface area (TPSA) is 91.3 Å². The summed E-state index contributed by atoms with van der Waals surface area (Å²) in [5.74, 6) is -1.88. The van der Waals surface area contributed by atoms with Crippen molar-refractivity contribution in [2.75, 3.05) is 5.32 Å². The monoisotopic (exact) mass is 473 g/mol. The van der Waals surface area contributed by atoms with Crippen molar-refractivity contribution in [3.05, 3.63) is 57.8 Å². The van der Waals surface area contributed by atoms with Gasteiger partial charge in [-0.3, -0.25) is 19.9 Å². The van der Waals surface area contributed by atoms with E-state index in [-0.39, 0.29) is 11.3 Å². The lowest BCUT2D eigenvalue weighted by molar-refractivity contribution is -0.139. The van der Waals surface area contributed by atoms with Gasteiger partial charge in [-0.15, -0.1) is 0 Å². The quantitative estimate of drug-likeness (QED) is 0.584. The van der Waals surface area contributed by atoms with Crippen molar-refractivity contribution in [2.24, 2.45) is 5.41 Å². The van der Waals surface area contributed by atoms with E-state index in [2.05, 4.69) is 29.5 Å². The number of fused-ring (bicyclic) bond motifs is 3. The molecular weight excluding hydrogens is 449 g/mol. The number of pyridine rings is 1. The molecule has 1 unspecified atom stereocenters. The summed E-state index contributed by atoms with van der Waals surface area (Å²) in [6, 6.07) is 6.14. The maximum Gasteiger partial charge on any atom is 0.321 e. The number of aromatic nitrogens is 1. The molecule has 1 aliphatic carbocycles. The Bertz CT molecular complexity index is 1130. The van der Waals surface area contributed by atoms with E-state index >= 15 is 0 Å². The van der Waals surface area contributed by atoms with E-state index in [1.54, 1.807) is 24.4 Å². The molecule has 5 rings (SSSR count). The molecule has 1 aromatic carbocycles. The minimum Gasteiger partial charge on any atom is -0.480 e. The van der Waals surface area contributed by atoms with E-state index in [1.165, 1.54) is 6.20 Å². The standard InChI is InChI=1S/C24H25Cl2N3O3/c1-22(2)5-7-23(8-6-22)24(16-4-3-14(25)10-17(16)28-21(24)32)18(19(29-23)20(30)31)13-9-15(26)12-27-11-13/h3-4,9-12,18-19,29H,5-8H2,1-2H3,(H,28,32)(H,30,31)/t18-,19+,24?/m0/s1. The Kier molecular flexibility index (Phi) is 4.86. The number of carboxylic acids is 1. The summed E-state index contributed by atoms with van der Waals surface area (Å²) in [6.45, 7) is 4.44. The minimum absolute atomic E-state index is 0.125. The van der Waals surface area contributed by atoms with Crippen molar-refractivity contribution in [1.29, 1.82) is 0 Å². The number of rotatable bonds is 2. The Morgan fingerprint density at radius 3 is 2.47 bits per heavy atom. The number of carbonyl (C=O) groups excluding carboxylic acids is 1. The van der Waals surface area contributed by atoms with Gasteiger partial charge in [-0.1, -0.05) is 43.1 Å². The second kappa shape index (κ2) is 7.17. The van der Waals surface area contributed by atoms with Gasteiger partial charge in [-0.25, -0.2) is 0 Å². The van der Waals surface area contributed by atoms with Crippen LogP contribution in [0.3, 0.4) is 0 Å². The van der Waals surface area contributed by atoms with Gasteiger partial charge in [0.2, 0.25) is 5.91 Å². The third-order valence-corrected chi connectivity index (χ3v) is 8.25. The number of carboxylic acid groups (broad SMARTS) is 1. The van der Waals surface area contributed by atoms with Gasteiger partial charge >= 0.3 is 5.97 Å². The van der Waals surface area contributed by atoms with Crippen LogP contribution >= 0.6 is 23.2 Å². The molecular formula is C24H25Cl2N3O3. The Labute approximate surface area is 196 Å². The molecule has 2 fully saturated rings. The number of halogens is 2. The van der Waals surface area contributed by atoms with Crippen molar-refractivity contribution < 1.29 is 14.7 Å². The van der Waals surface area contributed by atoms with Crippen molar-refractivity contribution in [3.63, 3.8) is 0 Å². The van der Waals surface area contributed by atoms with E-state index < -0.39 is 28.9 Å². The lowest BCUT2D eigenvalue weighted by Gasteiger charge is -2.50. The number of amides is 1. The van der Waals surface area contributed by atoms with Gasteiger partial charge in [0, 0.05) is 34.6 Å². The fourth-order valence-corrected chi connectivity index (χ4v) is 6.63. The zero-order valence-electron chi connectivity index (χ0n) is 17.9. The average Bonchev–Trinajstić information content (AvgIpc) is 3.18. The van der Waals surface area contributed by atoms with Gasteiger partial charge in [-0.2, -0.15) is 0 Å². The predicted octanol–water partition coefficient (Wildman–Crippen LogP) is 4.76. The molecule has 6 nitrogen and oxygen atoms in total. The van der Waals surface area contributed by atoms with Crippen LogP contribution in [0.1, 0.15) is 56.6 Å². The molecule has 8 heteroatoms. The number of anilines is 1. The van der Waals surface area contributed by atoms with Gasteiger partial charge in [-0.05, 0) is 60.4 Å². The van der Waals surface area contributed by atoms with Crippen LogP contribution in [0.4, 0.5) is 5.69 Å². The molecule has 2 aromatic rings. The first kappa shape index (κ1) is 21.7. The third kappa shape index (κ3) is 2.93. The van der Waals surface area contributed by atoms with Crippen LogP contribution in [0, 0.1) is 5.41 Å². The lowest BCUT2D eigenvalue weighted by atomic mass is 9.53. The fraction of sp³-hybridized carbons (Fsp3) is 0.458. The molecule has 1 amide bonds. The Morgan fingerprint density at radius 1 is 1.09 bits per heavy atom. The molecule has 1 saturated carbocycles. The van der Waals surface area contributed by atoms with Crippen LogP contribution in [-0.2, 0) is 15.0 Å². The van der Waals surface area contributed by atoms with Gasteiger partial charge in [0.15, 0.2) is 0 Å². The number of hydrogen-bond acceptors (Lipinski definition) is 4. The SMILES string of the molecule is CC1(C)CCC2(CC1)N[C@@H](C(=O)O)[C@H](c1cncc(Cl)c1)C21C(=O)Nc2cc(Cl)ccc21. The Hall–Kier alpha value is -2.15. The van der Waals surface area contributed by atoms with Crippen LogP contribution in [0.15, 0.2) is 36.7 Å². The maximum atomic E-state index is 14.0. The van der Waals surface area contributed by atoms with Gasteiger partial charge < -0.3 is 10.4 Å². The summed E-state index contributed by atoms with van der Waals surface area (Å²) in [6.07, 6.45) is 6.27. The summed E-state index contributed by atoms with van der Waals surface area (Å²) in [4.78, 5) is 30.8. The third-order valence-electron chi connectivity index (χ3n) is 7.81. The zero-order chi connectivity index (χ0) is 22.9. The number of hydrogen-bond donors (Lipinski definition) is 3. The highest BCUT2D eigenvalue weighted by Crippen LogP contribution is 2.63. The highest BCUT2D eigenvalue weighted by molar-refractivity contribution is 6.31. The van der Waals surface area contributed by atoms with Gasteiger partial charge in [0.05, 0.1) is 5.02 Å². The van der Waals surface area contributed by atoms with E-state index in [0.29, 0.717) is 34.1 Å². The van der Waals surface area contributed by atoms with Crippen LogP contribution in [-0.4, -0.2) is 33.5 Å². The van der Waals surface area contributed by atoms with Crippen molar-refractivity contribution in [3.8, 4) is 0 Å². The van der Waals surface area contributed by atoms with Crippen molar-refractivity contribution in [2.45, 2.75) is 62.4 Å². The number of nitrogens with zero attached hydrogens (tertiary/aromatic N) is 1. The first-order chi connectivity index (χ1) is 15.1. The van der Waals surface area contributed by atoms with E-state index in [4.69, 9.17) is 23.2 Å². The van der Waals surface area contributed by atoms with Crippen molar-refractivity contribution >= 4 is 40.8 Å². The zero-order valence-corrected chi connectivity index (χ0v) is 19.4. The normalized spacial score (nSPS) is 29.8. The van der Waals surface area contributed by atoms with E-state index in [0.717, 1.165) is 18.4 Å². The minimum atomic E-state index is -1.13. The molecule has 168 valence electrons. The number of carbonyl (C=O) groups is 2. The second-order valence-corrected chi connectivity index (χ2v) is 10.9. The van der Waals surface area contributed by atoms with Crippen molar-refractivity contribution in [1.82, 2.24) is 10.3 Å². The Morgan fingerprint density at radius 2 is 1.81 bits per heavy atom. The summed E-state index contributed by atoms with van der Waals surface area (Å²) >= 11 is 12.5. The summed E-state index contributed by atoms with van der Waals surface area (Å²) < 4.78 is 0. The van der Waals surface area contributed by atoms with Gasteiger partial charge in [0.1, 0.15) is 11.5 Å². The number of nitrogens with one attached hydrogen (secondary N) is 2. The fourth-order valence-electron chi connectivity index (χ4n) is 6.27. The first-order valence-electron chi connectivity index (χ1n) is 10.8. The largest absolute Gasteiger partial charge is 0.480 e. The van der Waals surface area contributed by atoms with E-state index in [1.807, 2.05) is 6.07 Å². The highest BCUT2D eigenvalue weighted by atomic mass is 35.5. The summed E-state index contributed by atoms with van der Waals surface area (Å²) in [5.41, 5.74) is 0.338. The van der Waals surface area contributed by atoms with Crippen LogP contribution in [0.2, 0.25) is 10.0 Å². The second-order valence-electron chi connectivity index (χ2n) is 10.1. The van der Waals surface area contributed by atoms with Crippen LogP contribution < -0.4 is 10.6 Å². The highest BCUT2D eigenvalue weighted by Gasteiger charge is 2.72. The average molecular weight is 474 g/mol. The first-order valence-corrected chi connectivity index (χ1v) is 11.6. The molecule has 3 aliphatic rings. The number of aliphatic carboxylic acids is 1. The molecule has 0 bridgehead atoms. The number of benzene rings is 1. The molecule has 1 aromatic heterocycles. The molecule has 0 radical (unpaired) electrons. The molecule has 2 aliphatic heterocycles. The lowest BCUT2D eigenvalue weighted by Crippen LogP contribution is -2.61. The van der Waals surface area contributed by atoms with E-state index in [9.17, 15) is 14.7 Å². The molecule has 3 heterocycles. The molecule has 32 heavy (non-hydrogen) atoms. The van der Waals surface area contributed by atoms with Gasteiger partial charge in [0.25, 0.3) is 0 Å². The summed E-state index contributed by atoms with van der Waals surface area (Å²) in [5, 5.41) is 17.7. The smallest absolute Gasteiger partial charge is 0.321 e.